The van der Waals surface area contributed by atoms with Crippen LogP contribution in [0.3, 0.4) is 0 Å². The molecule has 0 aromatic rings. The zero-order valence-corrected chi connectivity index (χ0v) is 28.2. The molecule has 0 fully saturated rings. The van der Waals surface area contributed by atoms with Crippen molar-refractivity contribution in [1.82, 2.24) is 0 Å². The second kappa shape index (κ2) is 36.3. The Hall–Kier alpha value is -1.91. The fourth-order valence-electron chi connectivity index (χ4n) is 4.65. The Kier molecular flexibility index (Phi) is 34.7. The Morgan fingerprint density at radius 2 is 1.05 bits per heavy atom. The molecule has 0 amide bonds. The van der Waals surface area contributed by atoms with Crippen LogP contribution in [0.4, 0.5) is 0 Å². The van der Waals surface area contributed by atoms with Crippen molar-refractivity contribution >= 4 is 5.97 Å². The maximum atomic E-state index is 12.1. The van der Waals surface area contributed by atoms with E-state index in [0.717, 1.165) is 64.2 Å². The zero-order valence-electron chi connectivity index (χ0n) is 28.2. The van der Waals surface area contributed by atoms with E-state index >= 15 is 0 Å². The van der Waals surface area contributed by atoms with Gasteiger partial charge in [0, 0.05) is 13.0 Å². The summed E-state index contributed by atoms with van der Waals surface area (Å²) >= 11 is 0. The van der Waals surface area contributed by atoms with Crippen LogP contribution in [0.1, 0.15) is 155 Å². The summed E-state index contributed by atoms with van der Waals surface area (Å²) in [6.45, 7) is 5.15. The Morgan fingerprint density at radius 1 is 0.581 bits per heavy atom. The summed E-state index contributed by atoms with van der Waals surface area (Å²) in [4.78, 5) is 12.1. The third-order valence-corrected chi connectivity index (χ3v) is 7.33. The van der Waals surface area contributed by atoms with Crippen molar-refractivity contribution in [2.24, 2.45) is 0 Å². The highest BCUT2D eigenvalue weighted by molar-refractivity contribution is 5.69. The fourth-order valence-corrected chi connectivity index (χ4v) is 4.65. The first-order valence-electron chi connectivity index (χ1n) is 17.9. The monoisotopic (exact) mass is 601 g/mol. The summed E-state index contributed by atoms with van der Waals surface area (Å²) in [6, 6.07) is 0. The quantitative estimate of drug-likeness (QED) is 0.0474. The molecule has 43 heavy (non-hydrogen) atoms. The van der Waals surface area contributed by atoms with E-state index < -0.39 is 6.10 Å². The lowest BCUT2D eigenvalue weighted by molar-refractivity contribution is -0.154. The lowest BCUT2D eigenvalue weighted by Crippen LogP contribution is -2.27. The molecular formula is C39H68O4. The maximum absolute atomic E-state index is 12.1. The first-order chi connectivity index (χ1) is 21.2. The molecule has 0 rings (SSSR count). The SMILES string of the molecule is CC/C=C\C/C=C\C/C=C\C/C=C\CCCCCCCCCOCC(CO)OC(=O)CCCCCCC/C=C\CCCC. The van der Waals surface area contributed by atoms with Gasteiger partial charge in [-0.05, 0) is 70.6 Å². The van der Waals surface area contributed by atoms with Crippen LogP contribution in [0.2, 0.25) is 0 Å². The number of allylic oxidation sites excluding steroid dienone is 10. The molecule has 1 N–H and O–H groups in total. The molecular weight excluding hydrogens is 532 g/mol. The molecule has 0 aliphatic carbocycles. The van der Waals surface area contributed by atoms with E-state index in [9.17, 15) is 9.90 Å². The number of aliphatic hydroxyl groups excluding tert-OH is 1. The predicted molar refractivity (Wildman–Crippen MR) is 186 cm³/mol. The van der Waals surface area contributed by atoms with Crippen LogP contribution in [-0.4, -0.2) is 37.0 Å². The minimum atomic E-state index is -0.544. The Labute approximate surface area is 266 Å². The van der Waals surface area contributed by atoms with E-state index in [2.05, 4.69) is 74.6 Å². The van der Waals surface area contributed by atoms with Crippen LogP contribution in [0.15, 0.2) is 60.8 Å². The fraction of sp³-hybridized carbons (Fsp3) is 0.718. The number of rotatable bonds is 32. The number of esters is 1. The van der Waals surface area contributed by atoms with Crippen LogP contribution in [0.25, 0.3) is 0 Å². The van der Waals surface area contributed by atoms with E-state index in [1.165, 1.54) is 70.6 Å². The summed E-state index contributed by atoms with van der Waals surface area (Å²) in [5.74, 6) is -0.219. The Bertz CT molecular complexity index is 719. The first-order valence-corrected chi connectivity index (χ1v) is 17.9. The minimum absolute atomic E-state index is 0.182. The molecule has 0 aromatic carbocycles. The molecule has 0 bridgehead atoms. The van der Waals surface area contributed by atoms with Gasteiger partial charge in [0.05, 0.1) is 13.2 Å². The highest BCUT2D eigenvalue weighted by atomic mass is 16.6. The Balaban J connectivity index is 3.49. The standard InChI is InChI=1S/C39H68O4/c1-3-5-7-9-11-13-15-16-17-18-19-20-21-22-23-25-27-29-31-33-35-42-37-38(36-40)43-39(41)34-32-30-28-26-24-14-12-10-8-6-4-2/h5,7,10-13,16-17,19-20,38,40H,3-4,6,8-9,14-15,18,21-37H2,1-2H3/b7-5-,12-10-,13-11-,17-16-,20-19-. The van der Waals surface area contributed by atoms with Gasteiger partial charge in [0.25, 0.3) is 0 Å². The summed E-state index contributed by atoms with van der Waals surface area (Å²) in [5, 5.41) is 9.53. The summed E-state index contributed by atoms with van der Waals surface area (Å²) in [7, 11) is 0. The molecule has 0 aliphatic heterocycles. The van der Waals surface area contributed by atoms with Crippen LogP contribution in [-0.2, 0) is 14.3 Å². The van der Waals surface area contributed by atoms with Crippen molar-refractivity contribution in [3.63, 3.8) is 0 Å². The number of aliphatic hydroxyl groups is 1. The van der Waals surface area contributed by atoms with Gasteiger partial charge in [0.1, 0.15) is 6.10 Å². The molecule has 0 aliphatic rings. The van der Waals surface area contributed by atoms with Crippen LogP contribution >= 0.6 is 0 Å². The van der Waals surface area contributed by atoms with Gasteiger partial charge in [-0.1, -0.05) is 139 Å². The molecule has 0 saturated carbocycles. The number of carbonyl (C=O) groups is 1. The lowest BCUT2D eigenvalue weighted by atomic mass is 10.1. The van der Waals surface area contributed by atoms with E-state index in [-0.39, 0.29) is 19.2 Å². The number of hydrogen-bond donors (Lipinski definition) is 1. The molecule has 4 heteroatoms. The van der Waals surface area contributed by atoms with Gasteiger partial charge in [0.2, 0.25) is 0 Å². The molecule has 0 spiro atoms. The summed E-state index contributed by atoms with van der Waals surface area (Å²) in [5.41, 5.74) is 0. The third-order valence-electron chi connectivity index (χ3n) is 7.33. The molecule has 0 radical (unpaired) electrons. The van der Waals surface area contributed by atoms with Crippen molar-refractivity contribution in [3.8, 4) is 0 Å². The van der Waals surface area contributed by atoms with Gasteiger partial charge in [-0.15, -0.1) is 0 Å². The average Bonchev–Trinajstić information content (AvgIpc) is 3.01. The average molecular weight is 601 g/mol. The largest absolute Gasteiger partial charge is 0.457 e. The molecule has 0 aromatic heterocycles. The van der Waals surface area contributed by atoms with Gasteiger partial charge in [0.15, 0.2) is 0 Å². The topological polar surface area (TPSA) is 55.8 Å². The van der Waals surface area contributed by atoms with Gasteiger partial charge < -0.3 is 14.6 Å². The predicted octanol–water partition coefficient (Wildman–Crippen LogP) is 11.3. The van der Waals surface area contributed by atoms with Crippen LogP contribution < -0.4 is 0 Å². The van der Waals surface area contributed by atoms with Crippen molar-refractivity contribution in [1.29, 1.82) is 0 Å². The third kappa shape index (κ3) is 34.4. The Morgan fingerprint density at radius 3 is 1.60 bits per heavy atom. The van der Waals surface area contributed by atoms with E-state index in [0.29, 0.717) is 13.0 Å². The second-order valence-electron chi connectivity index (χ2n) is 11.6. The van der Waals surface area contributed by atoms with Crippen molar-refractivity contribution in [3.05, 3.63) is 60.8 Å². The highest BCUT2D eigenvalue weighted by Gasteiger charge is 2.13. The molecule has 0 saturated heterocycles. The van der Waals surface area contributed by atoms with Crippen LogP contribution in [0.5, 0.6) is 0 Å². The van der Waals surface area contributed by atoms with Gasteiger partial charge >= 0.3 is 5.97 Å². The molecule has 248 valence electrons. The van der Waals surface area contributed by atoms with Gasteiger partial charge in [-0.2, -0.15) is 0 Å². The first kappa shape index (κ1) is 41.1. The van der Waals surface area contributed by atoms with E-state index in [1.807, 2.05) is 0 Å². The lowest BCUT2D eigenvalue weighted by Gasteiger charge is -2.15. The van der Waals surface area contributed by atoms with E-state index in [4.69, 9.17) is 9.47 Å². The number of unbranched alkanes of at least 4 members (excludes halogenated alkanes) is 14. The normalized spacial score (nSPS) is 13.1. The minimum Gasteiger partial charge on any atom is -0.457 e. The maximum Gasteiger partial charge on any atom is 0.306 e. The summed E-state index contributed by atoms with van der Waals surface area (Å²) < 4.78 is 11.1. The van der Waals surface area contributed by atoms with Crippen molar-refractivity contribution in [2.75, 3.05) is 19.8 Å². The van der Waals surface area contributed by atoms with Crippen molar-refractivity contribution < 1.29 is 19.4 Å². The van der Waals surface area contributed by atoms with Gasteiger partial charge in [-0.3, -0.25) is 4.79 Å². The number of hydrogen-bond acceptors (Lipinski definition) is 4. The number of ether oxygens (including phenoxy) is 2. The van der Waals surface area contributed by atoms with E-state index in [1.54, 1.807) is 0 Å². The molecule has 4 nitrogen and oxygen atoms in total. The van der Waals surface area contributed by atoms with Gasteiger partial charge in [-0.25, -0.2) is 0 Å². The highest BCUT2D eigenvalue weighted by Crippen LogP contribution is 2.11. The number of carbonyl (C=O) groups excluding carboxylic acids is 1. The van der Waals surface area contributed by atoms with Crippen molar-refractivity contribution in [2.45, 2.75) is 161 Å². The molecule has 1 unspecified atom stereocenters. The zero-order chi connectivity index (χ0) is 31.3. The summed E-state index contributed by atoms with van der Waals surface area (Å²) in [6.07, 6.45) is 46.9. The smallest absolute Gasteiger partial charge is 0.306 e. The second-order valence-corrected chi connectivity index (χ2v) is 11.6. The molecule has 0 heterocycles. The molecule has 1 atom stereocenters. The van der Waals surface area contributed by atoms with Crippen LogP contribution in [0, 0.1) is 0 Å².